The van der Waals surface area contributed by atoms with E-state index in [9.17, 15) is 18.0 Å². The van der Waals surface area contributed by atoms with Crippen LogP contribution >= 0.6 is 11.6 Å². The Morgan fingerprint density at radius 1 is 1.03 bits per heavy atom. The fourth-order valence-corrected chi connectivity index (χ4v) is 3.70. The molecule has 0 saturated heterocycles. The lowest BCUT2D eigenvalue weighted by Gasteiger charge is -2.15. The molecule has 4 rings (SSSR count). The van der Waals surface area contributed by atoms with Gasteiger partial charge in [0, 0.05) is 11.3 Å². The molecule has 0 atom stereocenters. The molecule has 10 heteroatoms. The molecule has 0 unspecified atom stereocenters. The molecule has 4 aromatic rings. The molecule has 0 amide bonds. The molecule has 38 heavy (non-hydrogen) atoms. The Labute approximate surface area is 221 Å². The van der Waals surface area contributed by atoms with Gasteiger partial charge in [0.1, 0.15) is 23.8 Å². The predicted octanol–water partition coefficient (Wildman–Crippen LogP) is 7.70. The number of para-hydroxylation sites is 1. The van der Waals surface area contributed by atoms with Gasteiger partial charge in [0.25, 0.3) is 0 Å². The maximum atomic E-state index is 13.1. The van der Waals surface area contributed by atoms with Gasteiger partial charge in [-0.3, -0.25) is 5.41 Å². The third-order valence-corrected chi connectivity index (χ3v) is 5.88. The van der Waals surface area contributed by atoms with Crippen molar-refractivity contribution in [3.8, 4) is 11.3 Å². The van der Waals surface area contributed by atoms with E-state index in [1.54, 1.807) is 31.2 Å². The summed E-state index contributed by atoms with van der Waals surface area (Å²) in [5.74, 6) is -0.122. The minimum absolute atomic E-state index is 0.0204. The van der Waals surface area contributed by atoms with Crippen molar-refractivity contribution in [2.24, 2.45) is 0 Å². The predicted molar refractivity (Wildman–Crippen MR) is 139 cm³/mol. The molecule has 0 aliphatic heterocycles. The van der Waals surface area contributed by atoms with Gasteiger partial charge in [-0.1, -0.05) is 71.4 Å². The van der Waals surface area contributed by atoms with E-state index in [1.807, 2.05) is 30.3 Å². The summed E-state index contributed by atoms with van der Waals surface area (Å²) in [5.41, 5.74) is 1.29. The van der Waals surface area contributed by atoms with Gasteiger partial charge in [-0.2, -0.15) is 13.2 Å². The van der Waals surface area contributed by atoms with Gasteiger partial charge in [0.2, 0.25) is 0 Å². The molecule has 1 heterocycles. The van der Waals surface area contributed by atoms with Gasteiger partial charge in [0.15, 0.2) is 0 Å². The van der Waals surface area contributed by atoms with Gasteiger partial charge < -0.3 is 14.6 Å². The average molecular weight is 540 g/mol. The first-order chi connectivity index (χ1) is 18.1. The van der Waals surface area contributed by atoms with Crippen LogP contribution in [-0.2, 0) is 11.3 Å². The summed E-state index contributed by atoms with van der Waals surface area (Å²) in [6.45, 7) is 1.64. The van der Waals surface area contributed by atoms with E-state index in [1.165, 1.54) is 24.3 Å². The SMILES string of the molecule is Cc1onc(-c2ccccc2)c1COC(=O)c1ccc(/C(=C/C(=N)C(F)(F)F)Nc2ccccc2Cl)cc1. The van der Waals surface area contributed by atoms with E-state index in [-0.39, 0.29) is 22.9 Å². The number of alkyl halides is 3. The van der Waals surface area contributed by atoms with Crippen molar-refractivity contribution in [1.29, 1.82) is 5.41 Å². The monoisotopic (exact) mass is 539 g/mol. The number of nitrogens with one attached hydrogen (secondary N) is 2. The second-order valence-corrected chi connectivity index (χ2v) is 8.57. The number of ether oxygens (including phenoxy) is 1. The van der Waals surface area contributed by atoms with E-state index in [0.29, 0.717) is 34.3 Å². The average Bonchev–Trinajstić information content (AvgIpc) is 3.28. The van der Waals surface area contributed by atoms with E-state index >= 15 is 0 Å². The highest BCUT2D eigenvalue weighted by Gasteiger charge is 2.33. The van der Waals surface area contributed by atoms with Crippen LogP contribution < -0.4 is 5.32 Å². The first-order valence-corrected chi connectivity index (χ1v) is 11.7. The zero-order valence-electron chi connectivity index (χ0n) is 20.0. The molecule has 1 aromatic heterocycles. The number of carbonyl (C=O) groups is 1. The number of aromatic nitrogens is 1. The number of nitrogens with zero attached hydrogens (tertiary/aromatic N) is 1. The van der Waals surface area contributed by atoms with Crippen LogP contribution in [0, 0.1) is 12.3 Å². The molecular weight excluding hydrogens is 519 g/mol. The fourth-order valence-electron chi connectivity index (χ4n) is 3.52. The summed E-state index contributed by atoms with van der Waals surface area (Å²) in [4.78, 5) is 12.7. The van der Waals surface area contributed by atoms with E-state index in [4.69, 9.17) is 26.3 Å². The number of hydrogen-bond donors (Lipinski definition) is 2. The van der Waals surface area contributed by atoms with Gasteiger partial charge in [-0.05, 0) is 42.8 Å². The summed E-state index contributed by atoms with van der Waals surface area (Å²) < 4.78 is 50.0. The first kappa shape index (κ1) is 26.7. The van der Waals surface area contributed by atoms with Crippen molar-refractivity contribution in [2.75, 3.05) is 5.32 Å². The highest BCUT2D eigenvalue weighted by atomic mass is 35.5. The number of hydrogen-bond acceptors (Lipinski definition) is 6. The molecule has 0 bridgehead atoms. The molecule has 0 spiro atoms. The summed E-state index contributed by atoms with van der Waals surface area (Å²) in [6, 6.07) is 21.6. The summed E-state index contributed by atoms with van der Waals surface area (Å²) in [5, 5.41) is 14.6. The normalized spacial score (nSPS) is 11.8. The zero-order chi connectivity index (χ0) is 27.3. The molecule has 0 saturated carbocycles. The van der Waals surface area contributed by atoms with Crippen LogP contribution in [0.2, 0.25) is 5.02 Å². The standard InChI is InChI=1S/C28H21ClF3N3O3/c1-17-21(26(35-38-17)19-7-3-2-4-8-19)16-37-27(36)20-13-11-18(12-14-20)24(15-25(33)28(30,31)32)34-23-10-6-5-9-22(23)29/h2-15,33-34H,16H2,1H3/b24-15-,33-25?. The summed E-state index contributed by atoms with van der Waals surface area (Å²) >= 11 is 6.15. The van der Waals surface area contributed by atoms with Crippen molar-refractivity contribution in [2.45, 2.75) is 19.7 Å². The minimum atomic E-state index is -4.84. The highest BCUT2D eigenvalue weighted by Crippen LogP contribution is 2.28. The van der Waals surface area contributed by atoms with Crippen LogP contribution in [0.1, 0.15) is 27.2 Å². The Morgan fingerprint density at radius 3 is 2.32 bits per heavy atom. The number of benzene rings is 3. The highest BCUT2D eigenvalue weighted by molar-refractivity contribution is 6.33. The molecule has 3 aromatic carbocycles. The maximum absolute atomic E-state index is 13.1. The van der Waals surface area contributed by atoms with Crippen molar-refractivity contribution in [1.82, 2.24) is 5.16 Å². The Kier molecular flexibility index (Phi) is 7.97. The Morgan fingerprint density at radius 2 is 1.66 bits per heavy atom. The second kappa shape index (κ2) is 11.4. The molecular formula is C28H21ClF3N3O3. The number of rotatable bonds is 8. The van der Waals surface area contributed by atoms with Crippen LogP contribution in [-0.4, -0.2) is 23.0 Å². The Hall–Kier alpha value is -4.37. The van der Waals surface area contributed by atoms with Gasteiger partial charge in [-0.25, -0.2) is 4.79 Å². The van der Waals surface area contributed by atoms with Crippen LogP contribution in [0.5, 0.6) is 0 Å². The fraction of sp³-hybridized carbons (Fsp3) is 0.107. The summed E-state index contributed by atoms with van der Waals surface area (Å²) in [7, 11) is 0. The quantitative estimate of drug-likeness (QED) is 0.177. The van der Waals surface area contributed by atoms with Crippen LogP contribution in [0.15, 0.2) is 89.5 Å². The van der Waals surface area contributed by atoms with E-state index in [2.05, 4.69) is 10.5 Å². The number of anilines is 1. The third kappa shape index (κ3) is 6.30. The smallest absolute Gasteiger partial charge is 0.432 e. The number of esters is 1. The topological polar surface area (TPSA) is 88.2 Å². The van der Waals surface area contributed by atoms with Crippen LogP contribution in [0.25, 0.3) is 17.0 Å². The molecule has 6 nitrogen and oxygen atoms in total. The molecule has 0 radical (unpaired) electrons. The number of halogens is 4. The second-order valence-electron chi connectivity index (χ2n) is 8.16. The first-order valence-electron chi connectivity index (χ1n) is 11.3. The van der Waals surface area contributed by atoms with Crippen molar-refractivity contribution >= 4 is 34.7 Å². The third-order valence-electron chi connectivity index (χ3n) is 5.55. The van der Waals surface area contributed by atoms with Gasteiger partial charge >= 0.3 is 12.1 Å². The molecule has 2 N–H and O–H groups in total. The largest absolute Gasteiger partial charge is 0.457 e. The molecule has 0 fully saturated rings. The van der Waals surface area contributed by atoms with Gasteiger partial charge in [0.05, 0.1) is 21.8 Å². The molecule has 194 valence electrons. The molecule has 0 aliphatic rings. The number of allylic oxidation sites excluding steroid dienone is 1. The minimum Gasteiger partial charge on any atom is -0.457 e. The van der Waals surface area contributed by atoms with E-state index < -0.39 is 17.9 Å². The Balaban J connectivity index is 1.53. The Bertz CT molecular complexity index is 1480. The van der Waals surface area contributed by atoms with Gasteiger partial charge in [-0.15, -0.1) is 0 Å². The maximum Gasteiger partial charge on any atom is 0.432 e. The van der Waals surface area contributed by atoms with Crippen molar-refractivity contribution < 1.29 is 27.2 Å². The van der Waals surface area contributed by atoms with E-state index in [0.717, 1.165) is 5.56 Å². The van der Waals surface area contributed by atoms with Crippen molar-refractivity contribution in [3.05, 3.63) is 112 Å². The van der Waals surface area contributed by atoms with Crippen LogP contribution in [0.4, 0.5) is 18.9 Å². The lowest BCUT2D eigenvalue weighted by atomic mass is 10.1. The summed E-state index contributed by atoms with van der Waals surface area (Å²) in [6.07, 6.45) is -4.17. The van der Waals surface area contributed by atoms with Crippen molar-refractivity contribution in [3.63, 3.8) is 0 Å². The van der Waals surface area contributed by atoms with Crippen LogP contribution in [0.3, 0.4) is 0 Å². The number of aryl methyl sites for hydroxylation is 1. The molecule has 0 aliphatic carbocycles. The lowest BCUT2D eigenvalue weighted by Crippen LogP contribution is -2.20. The number of carbonyl (C=O) groups excluding carboxylic acids is 1. The lowest BCUT2D eigenvalue weighted by molar-refractivity contribution is -0.0583. The zero-order valence-corrected chi connectivity index (χ0v) is 20.7.